The van der Waals surface area contributed by atoms with Gasteiger partial charge in [-0.3, -0.25) is 4.79 Å². The number of carbonyl (C=O) groups is 2. The van der Waals surface area contributed by atoms with Crippen molar-refractivity contribution in [2.24, 2.45) is 0 Å². The average Bonchev–Trinajstić information content (AvgIpc) is 2.92. The summed E-state index contributed by atoms with van der Waals surface area (Å²) in [6.45, 7) is 4.71. The van der Waals surface area contributed by atoms with Gasteiger partial charge < -0.3 is 24.6 Å². The number of rotatable bonds is 7. The quantitative estimate of drug-likeness (QED) is 0.357. The molecule has 3 atom stereocenters. The lowest BCUT2D eigenvalue weighted by Crippen LogP contribution is -2.50. The van der Waals surface area contributed by atoms with E-state index in [1.165, 1.54) is 4.90 Å². The van der Waals surface area contributed by atoms with Crippen molar-refractivity contribution in [3.8, 4) is 0 Å². The van der Waals surface area contributed by atoms with Crippen LogP contribution in [-0.4, -0.2) is 72.1 Å². The van der Waals surface area contributed by atoms with E-state index in [2.05, 4.69) is 11.3 Å². The fourth-order valence-corrected chi connectivity index (χ4v) is 2.14. The number of hydrogen-bond acceptors (Lipinski definition) is 6. The molecule has 1 heterocycles. The molecule has 0 aliphatic carbocycles. The lowest BCUT2D eigenvalue weighted by molar-refractivity contribution is -0.165. The third-order valence-corrected chi connectivity index (χ3v) is 3.20. The number of likely N-dealkylation sites (tertiary alicyclic amines) is 1. The first kappa shape index (κ1) is 16.6. The van der Waals surface area contributed by atoms with E-state index >= 15 is 0 Å². The SMILES string of the molecule is C=CCOC[C@H]1CCCN1C(=O)[C@H](O)[C@H](O)C(=O)OC. The van der Waals surface area contributed by atoms with Crippen LogP contribution in [0.5, 0.6) is 0 Å². The third kappa shape index (κ3) is 4.03. The highest BCUT2D eigenvalue weighted by Crippen LogP contribution is 2.19. The van der Waals surface area contributed by atoms with Gasteiger partial charge in [-0.05, 0) is 12.8 Å². The van der Waals surface area contributed by atoms with Crippen molar-refractivity contribution >= 4 is 11.9 Å². The molecule has 1 saturated heterocycles. The summed E-state index contributed by atoms with van der Waals surface area (Å²) < 4.78 is 9.61. The molecule has 1 fully saturated rings. The zero-order valence-corrected chi connectivity index (χ0v) is 11.5. The van der Waals surface area contributed by atoms with Crippen LogP contribution in [0.1, 0.15) is 12.8 Å². The Morgan fingerprint density at radius 1 is 1.45 bits per heavy atom. The van der Waals surface area contributed by atoms with Gasteiger partial charge in [0.15, 0.2) is 12.2 Å². The molecule has 0 aromatic heterocycles. The Labute approximate surface area is 117 Å². The second kappa shape index (κ2) is 7.98. The zero-order chi connectivity index (χ0) is 15.1. The van der Waals surface area contributed by atoms with Gasteiger partial charge in [-0.2, -0.15) is 0 Å². The minimum atomic E-state index is -1.87. The maximum atomic E-state index is 12.1. The van der Waals surface area contributed by atoms with Crippen LogP contribution in [0, 0.1) is 0 Å². The lowest BCUT2D eigenvalue weighted by Gasteiger charge is -2.27. The van der Waals surface area contributed by atoms with E-state index in [1.54, 1.807) is 6.08 Å². The van der Waals surface area contributed by atoms with E-state index in [1.807, 2.05) is 0 Å². The van der Waals surface area contributed by atoms with Gasteiger partial charge in [-0.15, -0.1) is 6.58 Å². The van der Waals surface area contributed by atoms with Gasteiger partial charge in [0.05, 0.1) is 26.4 Å². The zero-order valence-electron chi connectivity index (χ0n) is 11.5. The predicted octanol–water partition coefficient (Wildman–Crippen LogP) is -0.925. The van der Waals surface area contributed by atoms with Gasteiger partial charge in [0.2, 0.25) is 0 Å². The fraction of sp³-hybridized carbons (Fsp3) is 0.692. The Hall–Kier alpha value is -1.44. The van der Waals surface area contributed by atoms with E-state index in [0.29, 0.717) is 19.8 Å². The number of esters is 1. The molecule has 0 spiro atoms. The van der Waals surface area contributed by atoms with Gasteiger partial charge >= 0.3 is 5.97 Å². The van der Waals surface area contributed by atoms with Crippen LogP contribution < -0.4 is 0 Å². The standard InChI is InChI=1S/C13H21NO6/c1-3-7-20-8-9-5-4-6-14(9)12(17)10(15)11(16)13(18)19-2/h3,9-11,15-16H,1,4-8H2,2H3/t9-,10-,11+/m1/s1. The summed E-state index contributed by atoms with van der Waals surface area (Å²) >= 11 is 0. The molecule has 0 bridgehead atoms. The molecule has 1 rings (SSSR count). The normalized spacial score (nSPS) is 21.4. The second-order valence-corrected chi connectivity index (χ2v) is 4.57. The first-order chi connectivity index (χ1) is 9.52. The van der Waals surface area contributed by atoms with Gasteiger partial charge in [0.1, 0.15) is 0 Å². The molecular formula is C13H21NO6. The van der Waals surface area contributed by atoms with E-state index in [4.69, 9.17) is 4.74 Å². The summed E-state index contributed by atoms with van der Waals surface area (Å²) in [7, 11) is 1.07. The fourth-order valence-electron chi connectivity index (χ4n) is 2.14. The highest BCUT2D eigenvalue weighted by Gasteiger charge is 2.38. The lowest BCUT2D eigenvalue weighted by atomic mass is 10.1. The predicted molar refractivity (Wildman–Crippen MR) is 69.8 cm³/mol. The van der Waals surface area contributed by atoms with Gasteiger partial charge in [0.25, 0.3) is 5.91 Å². The van der Waals surface area contributed by atoms with Crippen molar-refractivity contribution in [2.45, 2.75) is 31.1 Å². The minimum Gasteiger partial charge on any atom is -0.467 e. The number of carbonyl (C=O) groups excluding carboxylic acids is 2. The number of aliphatic hydroxyl groups is 2. The third-order valence-electron chi connectivity index (χ3n) is 3.20. The van der Waals surface area contributed by atoms with Crippen molar-refractivity contribution in [3.05, 3.63) is 12.7 Å². The maximum absolute atomic E-state index is 12.1. The molecular weight excluding hydrogens is 266 g/mol. The van der Waals surface area contributed by atoms with E-state index in [9.17, 15) is 19.8 Å². The molecule has 0 aromatic rings. The molecule has 20 heavy (non-hydrogen) atoms. The van der Waals surface area contributed by atoms with Crippen LogP contribution in [0.3, 0.4) is 0 Å². The molecule has 114 valence electrons. The van der Waals surface area contributed by atoms with Crippen LogP contribution >= 0.6 is 0 Å². The monoisotopic (exact) mass is 287 g/mol. The Bertz CT molecular complexity index is 359. The van der Waals surface area contributed by atoms with E-state index in [-0.39, 0.29) is 6.04 Å². The molecule has 7 nitrogen and oxygen atoms in total. The summed E-state index contributed by atoms with van der Waals surface area (Å²) in [4.78, 5) is 24.6. The Morgan fingerprint density at radius 2 is 2.15 bits per heavy atom. The Balaban J connectivity index is 2.60. The topological polar surface area (TPSA) is 96.3 Å². The van der Waals surface area contributed by atoms with Crippen LogP contribution in [0.25, 0.3) is 0 Å². The maximum Gasteiger partial charge on any atom is 0.338 e. The van der Waals surface area contributed by atoms with E-state index in [0.717, 1.165) is 20.0 Å². The summed E-state index contributed by atoms with van der Waals surface area (Å²) in [5, 5.41) is 19.2. The minimum absolute atomic E-state index is 0.165. The van der Waals surface area contributed by atoms with Crippen molar-refractivity contribution < 1.29 is 29.3 Å². The number of aliphatic hydroxyl groups excluding tert-OH is 2. The number of methoxy groups -OCH3 is 1. The highest BCUT2D eigenvalue weighted by atomic mass is 16.5. The molecule has 0 unspecified atom stereocenters. The molecule has 1 amide bonds. The molecule has 0 saturated carbocycles. The van der Waals surface area contributed by atoms with Crippen LogP contribution in [0.2, 0.25) is 0 Å². The summed E-state index contributed by atoms with van der Waals surface area (Å²) in [5.41, 5.74) is 0. The van der Waals surface area contributed by atoms with Gasteiger partial charge in [0, 0.05) is 6.54 Å². The van der Waals surface area contributed by atoms with Gasteiger partial charge in [-0.1, -0.05) is 6.08 Å². The first-order valence-corrected chi connectivity index (χ1v) is 6.46. The molecule has 1 aliphatic rings. The Morgan fingerprint density at radius 3 is 2.75 bits per heavy atom. The van der Waals surface area contributed by atoms with Crippen LogP contribution in [-0.2, 0) is 19.1 Å². The molecule has 1 aliphatic heterocycles. The van der Waals surface area contributed by atoms with Crippen LogP contribution in [0.4, 0.5) is 0 Å². The Kier molecular flexibility index (Phi) is 6.63. The first-order valence-electron chi connectivity index (χ1n) is 6.46. The van der Waals surface area contributed by atoms with Gasteiger partial charge in [-0.25, -0.2) is 4.79 Å². The summed E-state index contributed by atoms with van der Waals surface area (Å²) in [5.74, 6) is -1.72. The second-order valence-electron chi connectivity index (χ2n) is 4.57. The van der Waals surface area contributed by atoms with Crippen molar-refractivity contribution in [3.63, 3.8) is 0 Å². The molecule has 0 radical (unpaired) electrons. The van der Waals surface area contributed by atoms with Crippen molar-refractivity contribution in [1.29, 1.82) is 0 Å². The average molecular weight is 287 g/mol. The highest BCUT2D eigenvalue weighted by molar-refractivity contribution is 5.88. The smallest absolute Gasteiger partial charge is 0.338 e. The summed E-state index contributed by atoms with van der Waals surface area (Å²) in [6.07, 6.45) is -0.541. The number of nitrogens with zero attached hydrogens (tertiary/aromatic N) is 1. The summed E-state index contributed by atoms with van der Waals surface area (Å²) in [6, 6.07) is -0.165. The van der Waals surface area contributed by atoms with Crippen LogP contribution in [0.15, 0.2) is 12.7 Å². The molecule has 0 aromatic carbocycles. The van der Waals surface area contributed by atoms with E-state index < -0.39 is 24.1 Å². The largest absolute Gasteiger partial charge is 0.467 e. The molecule has 7 heteroatoms. The van der Waals surface area contributed by atoms with Crippen molar-refractivity contribution in [1.82, 2.24) is 4.90 Å². The number of amides is 1. The van der Waals surface area contributed by atoms with Crippen molar-refractivity contribution in [2.75, 3.05) is 26.9 Å². The number of hydrogen-bond donors (Lipinski definition) is 2. The number of ether oxygens (including phenoxy) is 2. The molecule has 2 N–H and O–H groups in total.